The summed E-state index contributed by atoms with van der Waals surface area (Å²) in [5.74, 6) is 0.0377. The molecule has 0 aliphatic carbocycles. The van der Waals surface area contributed by atoms with Crippen LogP contribution in [0.5, 0.6) is 5.75 Å². The lowest BCUT2D eigenvalue weighted by molar-refractivity contribution is -0.141. The molecule has 5 heteroatoms. The molecule has 2 atom stereocenters. The summed E-state index contributed by atoms with van der Waals surface area (Å²) in [6.07, 6.45) is -0.780. The Balaban J connectivity index is 0.000000242. The lowest BCUT2D eigenvalue weighted by Crippen LogP contribution is -2.25. The van der Waals surface area contributed by atoms with Crippen molar-refractivity contribution in [1.29, 1.82) is 0 Å². The van der Waals surface area contributed by atoms with E-state index in [0.717, 1.165) is 11.1 Å². The molecule has 3 rings (SSSR count). The molecule has 2 unspecified atom stereocenters. The van der Waals surface area contributed by atoms with Gasteiger partial charge in [0.15, 0.2) is 15.1 Å². The van der Waals surface area contributed by atoms with Crippen LogP contribution in [0, 0.1) is 6.92 Å². The Bertz CT molecular complexity index is 913. The van der Waals surface area contributed by atoms with Crippen LogP contribution in [-0.2, 0) is 14.7 Å². The predicted octanol–water partition coefficient (Wildman–Crippen LogP) is 6.46. The molecule has 0 heterocycles. The third kappa shape index (κ3) is 7.91. The van der Waals surface area contributed by atoms with Crippen molar-refractivity contribution in [3.63, 3.8) is 0 Å². The van der Waals surface area contributed by atoms with E-state index in [9.17, 15) is 4.79 Å². The second-order valence-corrected chi connectivity index (χ2v) is 8.67. The molecule has 0 saturated heterocycles. The number of carbonyl (C=O) groups excluding carboxylic acids is 1. The Kier molecular flexibility index (Phi) is 9.39. The highest BCUT2D eigenvalue weighted by Gasteiger charge is 2.23. The van der Waals surface area contributed by atoms with Crippen molar-refractivity contribution in [1.82, 2.24) is 0 Å². The van der Waals surface area contributed by atoms with Crippen molar-refractivity contribution in [2.24, 2.45) is 0 Å². The van der Waals surface area contributed by atoms with Gasteiger partial charge in [-0.25, -0.2) is 4.79 Å². The van der Waals surface area contributed by atoms with Gasteiger partial charge in [0.05, 0.1) is 0 Å². The van der Waals surface area contributed by atoms with Gasteiger partial charge in [0.25, 0.3) is 0 Å². The van der Waals surface area contributed by atoms with E-state index in [1.165, 1.54) is 11.1 Å². The van der Waals surface area contributed by atoms with Crippen LogP contribution in [0.1, 0.15) is 38.8 Å². The fraction of sp³-hybridized carbons (Fsp3) is 0.269. The van der Waals surface area contributed by atoms with Crippen molar-refractivity contribution in [2.45, 2.75) is 46.1 Å². The van der Waals surface area contributed by atoms with Crippen molar-refractivity contribution < 1.29 is 18.9 Å². The maximum atomic E-state index is 11.8. The van der Waals surface area contributed by atoms with E-state index in [4.69, 9.17) is 14.2 Å². The molecule has 0 radical (unpaired) electrons. The third-order valence-electron chi connectivity index (χ3n) is 4.60. The Hall–Kier alpha value is -2.52. The highest BCUT2D eigenvalue weighted by molar-refractivity contribution is 7.25. The minimum atomic E-state index is -0.780. The van der Waals surface area contributed by atoms with E-state index in [0.29, 0.717) is 5.75 Å². The predicted molar refractivity (Wildman–Crippen MR) is 128 cm³/mol. The lowest BCUT2D eigenvalue weighted by atomic mass is 9.85. The number of hydrogen-bond donors (Lipinski definition) is 1. The van der Waals surface area contributed by atoms with Gasteiger partial charge < -0.3 is 14.2 Å². The van der Waals surface area contributed by atoms with Gasteiger partial charge >= 0.3 is 5.97 Å². The summed E-state index contributed by atoms with van der Waals surface area (Å²) >= 11 is 0. The van der Waals surface area contributed by atoms with Crippen LogP contribution in [0.15, 0.2) is 78.9 Å². The molecule has 0 aliphatic heterocycles. The summed E-state index contributed by atoms with van der Waals surface area (Å²) in [7, 11) is -0.725. The summed E-state index contributed by atoms with van der Waals surface area (Å²) in [6, 6.07) is 26.5. The molecule has 0 aromatic heterocycles. The number of ether oxygens (including phenoxy) is 1. The van der Waals surface area contributed by atoms with Crippen LogP contribution in [0.2, 0.25) is 0 Å². The van der Waals surface area contributed by atoms with Gasteiger partial charge in [-0.15, -0.1) is 0 Å². The zero-order valence-electron chi connectivity index (χ0n) is 18.8. The van der Waals surface area contributed by atoms with Gasteiger partial charge in [0, 0.05) is 5.56 Å². The minimum absolute atomic E-state index is 0.121. The SMILES string of the molecule is Cc1ccc(OC(=O)C(C)OPO)c(C(C)(C)C)c1.c1ccc(-c2ccccc2)cc1. The Labute approximate surface area is 187 Å². The van der Waals surface area contributed by atoms with E-state index in [-0.39, 0.29) is 5.41 Å². The highest BCUT2D eigenvalue weighted by atomic mass is 31.1. The molecule has 1 N–H and O–H groups in total. The van der Waals surface area contributed by atoms with E-state index < -0.39 is 21.1 Å². The normalized spacial score (nSPS) is 12.2. The molecule has 3 aromatic carbocycles. The summed E-state index contributed by atoms with van der Waals surface area (Å²) in [5.41, 5.74) is 4.52. The molecule has 4 nitrogen and oxygen atoms in total. The smallest absolute Gasteiger partial charge is 0.340 e. The standard InChI is InChI=1S/C14H21O4P.C12H10/c1-9-6-7-12(11(8-9)14(3,4)5)17-13(15)10(2)18-19-16;1-3-7-11(8-4-1)12-9-5-2-6-10-12/h6-8,10,16,19H,1-5H3;1-10H. The van der Waals surface area contributed by atoms with Crippen LogP contribution >= 0.6 is 9.03 Å². The van der Waals surface area contributed by atoms with E-state index in [1.807, 2.05) is 31.2 Å². The second-order valence-electron chi connectivity index (χ2n) is 8.25. The monoisotopic (exact) mass is 438 g/mol. The van der Waals surface area contributed by atoms with Gasteiger partial charge in [-0.1, -0.05) is 99.1 Å². The molecule has 0 bridgehead atoms. The van der Waals surface area contributed by atoms with E-state index in [2.05, 4.69) is 69.3 Å². The molecule has 0 saturated carbocycles. The number of hydrogen-bond acceptors (Lipinski definition) is 4. The molecule has 0 amide bonds. The van der Waals surface area contributed by atoms with Crippen molar-refractivity contribution >= 4 is 15.0 Å². The van der Waals surface area contributed by atoms with Gasteiger partial charge in [-0.2, -0.15) is 0 Å². The van der Waals surface area contributed by atoms with E-state index in [1.54, 1.807) is 13.0 Å². The molecule has 164 valence electrons. The number of esters is 1. The second kappa shape index (κ2) is 11.8. The Morgan fingerprint density at radius 3 is 1.87 bits per heavy atom. The first-order chi connectivity index (χ1) is 14.7. The molecule has 3 aromatic rings. The molecule has 31 heavy (non-hydrogen) atoms. The topological polar surface area (TPSA) is 55.8 Å². The van der Waals surface area contributed by atoms with Crippen LogP contribution in [0.25, 0.3) is 11.1 Å². The third-order valence-corrected chi connectivity index (χ3v) is 5.05. The summed E-state index contributed by atoms with van der Waals surface area (Å²) in [5, 5.41) is 0. The van der Waals surface area contributed by atoms with Crippen LogP contribution in [0.4, 0.5) is 0 Å². The first kappa shape index (κ1) is 24.7. The quantitative estimate of drug-likeness (QED) is 0.282. The van der Waals surface area contributed by atoms with Gasteiger partial charge in [-0.05, 0) is 36.5 Å². The molecule has 0 spiro atoms. The fourth-order valence-electron chi connectivity index (χ4n) is 2.90. The molecular weight excluding hydrogens is 407 g/mol. The molecule has 0 aliphatic rings. The number of rotatable bonds is 5. The maximum Gasteiger partial charge on any atom is 0.340 e. The van der Waals surface area contributed by atoms with Gasteiger partial charge in [0.2, 0.25) is 0 Å². The number of carbonyl (C=O) groups is 1. The van der Waals surface area contributed by atoms with Gasteiger partial charge in [-0.3, -0.25) is 0 Å². The number of aryl methyl sites for hydroxylation is 1. The van der Waals surface area contributed by atoms with Gasteiger partial charge in [0.1, 0.15) is 5.75 Å². The minimum Gasteiger partial charge on any atom is -0.424 e. The molecular formula is C26H31O4P. The van der Waals surface area contributed by atoms with Crippen molar-refractivity contribution in [3.05, 3.63) is 90.0 Å². The fourth-order valence-corrected chi connectivity index (χ4v) is 3.15. The largest absolute Gasteiger partial charge is 0.424 e. The van der Waals surface area contributed by atoms with Crippen LogP contribution in [-0.4, -0.2) is 17.0 Å². The van der Waals surface area contributed by atoms with E-state index >= 15 is 0 Å². The highest BCUT2D eigenvalue weighted by Crippen LogP contribution is 2.32. The summed E-state index contributed by atoms with van der Waals surface area (Å²) < 4.78 is 10.2. The van der Waals surface area contributed by atoms with Crippen LogP contribution in [0.3, 0.4) is 0 Å². The van der Waals surface area contributed by atoms with Crippen molar-refractivity contribution in [2.75, 3.05) is 0 Å². The first-order valence-corrected chi connectivity index (χ1v) is 11.1. The average molecular weight is 439 g/mol. The zero-order chi connectivity index (χ0) is 22.9. The first-order valence-electron chi connectivity index (χ1n) is 10.2. The number of benzene rings is 3. The zero-order valence-corrected chi connectivity index (χ0v) is 19.8. The lowest BCUT2D eigenvalue weighted by Gasteiger charge is -2.23. The average Bonchev–Trinajstić information content (AvgIpc) is 2.76. The Morgan fingerprint density at radius 1 is 0.903 bits per heavy atom. The Morgan fingerprint density at radius 2 is 1.42 bits per heavy atom. The van der Waals surface area contributed by atoms with Crippen molar-refractivity contribution in [3.8, 4) is 16.9 Å². The van der Waals surface area contributed by atoms with Crippen LogP contribution < -0.4 is 4.74 Å². The summed E-state index contributed by atoms with van der Waals surface area (Å²) in [6.45, 7) is 9.74. The maximum absolute atomic E-state index is 11.8. The molecule has 0 fully saturated rings. The summed E-state index contributed by atoms with van der Waals surface area (Å²) in [4.78, 5) is 20.5.